The lowest BCUT2D eigenvalue weighted by atomic mass is 10.0. The van der Waals surface area contributed by atoms with E-state index < -0.39 is 27.4 Å². The van der Waals surface area contributed by atoms with Gasteiger partial charge in [-0.25, -0.2) is 8.42 Å². The molecule has 0 aliphatic carbocycles. The fraction of sp³-hybridized carbons (Fsp3) is 0.350. The van der Waals surface area contributed by atoms with E-state index in [0.29, 0.717) is 0 Å². The first-order chi connectivity index (χ1) is 13.9. The SMILES string of the molecule is COc1ccc([N+](=O)[O-])cc1N(CC(=O)N[C@@H](C)c1ccc(C)cc1C)S(C)(=O)=O. The summed E-state index contributed by atoms with van der Waals surface area (Å²) in [6.07, 6.45) is 0.923. The van der Waals surface area contributed by atoms with E-state index in [9.17, 15) is 23.3 Å². The van der Waals surface area contributed by atoms with Crippen LogP contribution in [0.4, 0.5) is 11.4 Å². The highest BCUT2D eigenvalue weighted by Crippen LogP contribution is 2.33. The number of non-ortho nitro benzene ring substituents is 1. The van der Waals surface area contributed by atoms with Gasteiger partial charge in [-0.2, -0.15) is 0 Å². The molecule has 0 fully saturated rings. The number of nitro groups is 1. The van der Waals surface area contributed by atoms with Crippen LogP contribution in [-0.4, -0.2) is 39.2 Å². The van der Waals surface area contributed by atoms with Gasteiger partial charge in [0.1, 0.15) is 18.0 Å². The molecule has 0 spiro atoms. The van der Waals surface area contributed by atoms with Crippen LogP contribution in [0, 0.1) is 24.0 Å². The van der Waals surface area contributed by atoms with Crippen molar-refractivity contribution in [1.29, 1.82) is 0 Å². The molecule has 1 N–H and O–H groups in total. The number of rotatable bonds is 8. The Morgan fingerprint density at radius 2 is 1.90 bits per heavy atom. The molecule has 2 aromatic carbocycles. The molecule has 2 rings (SSSR count). The lowest BCUT2D eigenvalue weighted by Crippen LogP contribution is -2.41. The number of benzene rings is 2. The van der Waals surface area contributed by atoms with Gasteiger partial charge in [-0.3, -0.25) is 19.2 Å². The fourth-order valence-electron chi connectivity index (χ4n) is 3.17. The van der Waals surface area contributed by atoms with Crippen molar-refractivity contribution < 1.29 is 22.9 Å². The minimum Gasteiger partial charge on any atom is -0.495 e. The molecule has 30 heavy (non-hydrogen) atoms. The molecular formula is C20H25N3O6S. The van der Waals surface area contributed by atoms with Crippen molar-refractivity contribution in [3.63, 3.8) is 0 Å². The maximum atomic E-state index is 12.7. The molecule has 1 amide bonds. The molecule has 0 saturated heterocycles. The first-order valence-corrected chi connectivity index (χ1v) is 11.0. The minimum atomic E-state index is -3.93. The zero-order valence-electron chi connectivity index (χ0n) is 17.5. The molecule has 0 aliphatic heterocycles. The van der Waals surface area contributed by atoms with Crippen LogP contribution in [0.5, 0.6) is 5.75 Å². The number of carbonyl (C=O) groups is 1. The number of ether oxygens (including phenoxy) is 1. The van der Waals surface area contributed by atoms with Crippen molar-refractivity contribution in [3.8, 4) is 5.75 Å². The second-order valence-electron chi connectivity index (χ2n) is 7.03. The summed E-state index contributed by atoms with van der Waals surface area (Å²) in [5.41, 5.74) is 2.61. The number of nitro benzene ring substituents is 1. The molecule has 9 nitrogen and oxygen atoms in total. The van der Waals surface area contributed by atoms with Crippen molar-refractivity contribution >= 4 is 27.3 Å². The number of aryl methyl sites for hydroxylation is 2. The van der Waals surface area contributed by atoms with Crippen molar-refractivity contribution in [2.45, 2.75) is 26.8 Å². The van der Waals surface area contributed by atoms with E-state index in [0.717, 1.165) is 33.3 Å². The average molecular weight is 436 g/mol. The van der Waals surface area contributed by atoms with Gasteiger partial charge in [0.15, 0.2) is 0 Å². The number of nitrogens with zero attached hydrogens (tertiary/aromatic N) is 2. The van der Waals surface area contributed by atoms with Gasteiger partial charge >= 0.3 is 0 Å². The molecule has 0 heterocycles. The van der Waals surface area contributed by atoms with Gasteiger partial charge in [-0.05, 0) is 38.0 Å². The highest BCUT2D eigenvalue weighted by Gasteiger charge is 2.27. The zero-order chi connectivity index (χ0) is 22.6. The van der Waals surface area contributed by atoms with Crippen LogP contribution in [-0.2, 0) is 14.8 Å². The number of nitrogens with one attached hydrogen (secondary N) is 1. The van der Waals surface area contributed by atoms with Crippen LogP contribution in [0.15, 0.2) is 36.4 Å². The number of methoxy groups -OCH3 is 1. The van der Waals surface area contributed by atoms with E-state index >= 15 is 0 Å². The van der Waals surface area contributed by atoms with Gasteiger partial charge in [-0.15, -0.1) is 0 Å². The number of carbonyl (C=O) groups excluding carboxylic acids is 1. The van der Waals surface area contributed by atoms with Gasteiger partial charge in [0.25, 0.3) is 5.69 Å². The second kappa shape index (κ2) is 9.12. The van der Waals surface area contributed by atoms with Crippen LogP contribution in [0.3, 0.4) is 0 Å². The summed E-state index contributed by atoms with van der Waals surface area (Å²) >= 11 is 0. The molecule has 0 radical (unpaired) electrons. The lowest BCUT2D eigenvalue weighted by molar-refractivity contribution is -0.384. The predicted octanol–water partition coefficient (Wildman–Crippen LogP) is 2.86. The minimum absolute atomic E-state index is 0.0801. The van der Waals surface area contributed by atoms with E-state index in [1.54, 1.807) is 6.92 Å². The maximum absolute atomic E-state index is 12.7. The molecule has 10 heteroatoms. The summed E-state index contributed by atoms with van der Waals surface area (Å²) < 4.78 is 30.7. The molecule has 0 bridgehead atoms. The number of sulfonamides is 1. The van der Waals surface area contributed by atoms with Gasteiger partial charge in [-0.1, -0.05) is 23.8 Å². The van der Waals surface area contributed by atoms with Crippen LogP contribution in [0.2, 0.25) is 0 Å². The lowest BCUT2D eigenvalue weighted by Gasteiger charge is -2.25. The summed E-state index contributed by atoms with van der Waals surface area (Å²) in [4.78, 5) is 23.1. The quantitative estimate of drug-likeness (QED) is 0.503. The summed E-state index contributed by atoms with van der Waals surface area (Å²) in [6.45, 7) is 5.15. The molecule has 0 unspecified atom stereocenters. The van der Waals surface area contributed by atoms with Gasteiger partial charge in [0.05, 0.1) is 24.3 Å². The highest BCUT2D eigenvalue weighted by atomic mass is 32.2. The Morgan fingerprint density at radius 1 is 1.23 bits per heavy atom. The predicted molar refractivity (Wildman–Crippen MR) is 114 cm³/mol. The van der Waals surface area contributed by atoms with Crippen LogP contribution in [0.1, 0.15) is 29.7 Å². The largest absolute Gasteiger partial charge is 0.495 e. The van der Waals surface area contributed by atoms with Gasteiger partial charge < -0.3 is 10.1 Å². The number of anilines is 1. The maximum Gasteiger partial charge on any atom is 0.271 e. The monoisotopic (exact) mass is 435 g/mol. The van der Waals surface area contributed by atoms with E-state index in [1.165, 1.54) is 19.2 Å². The van der Waals surface area contributed by atoms with E-state index in [2.05, 4.69) is 5.32 Å². The van der Waals surface area contributed by atoms with Crippen LogP contribution >= 0.6 is 0 Å². The first kappa shape index (κ1) is 23.1. The Bertz CT molecular complexity index is 1070. The molecule has 0 aliphatic rings. The number of amides is 1. The van der Waals surface area contributed by atoms with E-state index in [-0.39, 0.29) is 23.2 Å². The van der Waals surface area contributed by atoms with Gasteiger partial charge in [0.2, 0.25) is 15.9 Å². The Morgan fingerprint density at radius 3 is 2.43 bits per heavy atom. The molecule has 1 atom stereocenters. The highest BCUT2D eigenvalue weighted by molar-refractivity contribution is 7.92. The second-order valence-corrected chi connectivity index (χ2v) is 8.94. The Balaban J connectivity index is 2.33. The number of hydrogen-bond donors (Lipinski definition) is 1. The van der Waals surface area contributed by atoms with Crippen LogP contribution < -0.4 is 14.4 Å². The third-order valence-corrected chi connectivity index (χ3v) is 5.73. The van der Waals surface area contributed by atoms with E-state index in [1.807, 2.05) is 32.0 Å². The normalized spacial score (nSPS) is 12.2. The van der Waals surface area contributed by atoms with E-state index in [4.69, 9.17) is 4.74 Å². The summed E-state index contributed by atoms with van der Waals surface area (Å²) in [6, 6.07) is 9.05. The molecule has 0 saturated carbocycles. The van der Waals surface area contributed by atoms with Crippen molar-refractivity contribution in [1.82, 2.24) is 5.32 Å². The summed E-state index contributed by atoms with van der Waals surface area (Å²) in [7, 11) is -2.62. The summed E-state index contributed by atoms with van der Waals surface area (Å²) in [5, 5.41) is 13.9. The molecule has 0 aromatic heterocycles. The smallest absolute Gasteiger partial charge is 0.271 e. The third kappa shape index (κ3) is 5.47. The first-order valence-electron chi connectivity index (χ1n) is 9.10. The average Bonchev–Trinajstić information content (AvgIpc) is 2.64. The summed E-state index contributed by atoms with van der Waals surface area (Å²) in [5.74, 6) is -0.456. The van der Waals surface area contributed by atoms with Crippen LogP contribution in [0.25, 0.3) is 0 Å². The Labute approximate surface area is 175 Å². The Hall–Kier alpha value is -3.14. The van der Waals surface area contributed by atoms with Crippen molar-refractivity contribution in [3.05, 3.63) is 63.2 Å². The standard InChI is InChI=1S/C20H25N3O6S/c1-13-6-8-17(14(2)10-13)15(3)21-20(24)12-22(30(5,27)28)18-11-16(23(25)26)7-9-19(18)29-4/h6-11,15H,12H2,1-5H3,(H,21,24)/t15-/m0/s1. The molecule has 2 aromatic rings. The zero-order valence-corrected chi connectivity index (χ0v) is 18.3. The number of hydrogen-bond acceptors (Lipinski definition) is 6. The van der Waals surface area contributed by atoms with Crippen molar-refractivity contribution in [2.75, 3.05) is 24.2 Å². The topological polar surface area (TPSA) is 119 Å². The fourth-order valence-corrected chi connectivity index (χ4v) is 4.03. The third-order valence-electron chi connectivity index (χ3n) is 4.60. The molecule has 162 valence electrons. The Kier molecular flexibility index (Phi) is 7.04. The van der Waals surface area contributed by atoms with Crippen molar-refractivity contribution in [2.24, 2.45) is 0 Å². The molecular weight excluding hydrogens is 410 g/mol. The van der Waals surface area contributed by atoms with Gasteiger partial charge in [0, 0.05) is 12.1 Å².